The Morgan fingerprint density at radius 2 is 2.00 bits per heavy atom. The average Bonchev–Trinajstić information content (AvgIpc) is 2.60. The van der Waals surface area contributed by atoms with Gasteiger partial charge in [0.25, 0.3) is 0 Å². The first-order valence-electron chi connectivity index (χ1n) is 8.38. The number of aliphatic hydroxyl groups is 2. The fourth-order valence-electron chi connectivity index (χ4n) is 3.32. The van der Waals surface area contributed by atoms with Crippen LogP contribution in [0.5, 0.6) is 5.75 Å². The van der Waals surface area contributed by atoms with Crippen molar-refractivity contribution < 1.29 is 14.9 Å². The Balaban J connectivity index is 1.55. The summed E-state index contributed by atoms with van der Waals surface area (Å²) in [6, 6.07) is 14.1. The quantitative estimate of drug-likeness (QED) is 0.859. The molecular formula is C19H25NO3. The molecule has 0 saturated carbocycles. The molecule has 1 aliphatic rings. The van der Waals surface area contributed by atoms with Crippen LogP contribution in [0.3, 0.4) is 0 Å². The Kier molecular flexibility index (Phi) is 5.49. The summed E-state index contributed by atoms with van der Waals surface area (Å²) in [5, 5.41) is 21.8. The Morgan fingerprint density at radius 1 is 1.17 bits per heavy atom. The molecule has 1 fully saturated rings. The van der Waals surface area contributed by atoms with Crippen LogP contribution in [0, 0.1) is 5.92 Å². The van der Waals surface area contributed by atoms with Crippen molar-refractivity contribution >= 4 is 10.8 Å². The molecule has 23 heavy (non-hydrogen) atoms. The zero-order valence-electron chi connectivity index (χ0n) is 13.4. The Labute approximate surface area is 137 Å². The molecule has 4 heteroatoms. The Hall–Kier alpha value is -1.62. The van der Waals surface area contributed by atoms with Crippen molar-refractivity contribution in [3.05, 3.63) is 42.5 Å². The molecule has 2 N–H and O–H groups in total. The van der Waals surface area contributed by atoms with Gasteiger partial charge in [0, 0.05) is 25.1 Å². The van der Waals surface area contributed by atoms with Gasteiger partial charge in [-0.2, -0.15) is 0 Å². The van der Waals surface area contributed by atoms with Gasteiger partial charge in [-0.3, -0.25) is 0 Å². The average molecular weight is 315 g/mol. The maximum atomic E-state index is 10.3. The maximum absolute atomic E-state index is 10.3. The van der Waals surface area contributed by atoms with Gasteiger partial charge in [0.05, 0.1) is 0 Å². The van der Waals surface area contributed by atoms with Crippen LogP contribution in [0.25, 0.3) is 10.8 Å². The normalized spacial score (nSPS) is 20.5. The summed E-state index contributed by atoms with van der Waals surface area (Å²) in [6.45, 7) is 2.97. The zero-order chi connectivity index (χ0) is 16.1. The van der Waals surface area contributed by atoms with E-state index in [4.69, 9.17) is 4.74 Å². The summed E-state index contributed by atoms with van der Waals surface area (Å²) in [6.07, 6.45) is 1.64. The van der Waals surface area contributed by atoms with E-state index in [0.717, 1.165) is 42.5 Å². The molecule has 2 aromatic carbocycles. The highest BCUT2D eigenvalue weighted by Gasteiger charge is 2.21. The number of β-amino-alcohol motifs (C(OH)–C–C–N with tert-alkyl or cyclic N) is 1. The highest BCUT2D eigenvalue weighted by atomic mass is 16.5. The molecule has 2 atom stereocenters. The van der Waals surface area contributed by atoms with Gasteiger partial charge in [-0.05, 0) is 36.8 Å². The number of likely N-dealkylation sites (tertiary alicyclic amines) is 1. The number of ether oxygens (including phenoxy) is 1. The van der Waals surface area contributed by atoms with Gasteiger partial charge >= 0.3 is 0 Å². The van der Waals surface area contributed by atoms with Crippen LogP contribution in [0.1, 0.15) is 12.8 Å². The van der Waals surface area contributed by atoms with E-state index < -0.39 is 6.10 Å². The Bertz CT molecular complexity index is 626. The van der Waals surface area contributed by atoms with Gasteiger partial charge in [-0.1, -0.05) is 36.4 Å². The SMILES string of the molecule is OCC1CCCN(CC(O)COc2cccc3ccccc23)C1. The van der Waals surface area contributed by atoms with E-state index in [2.05, 4.69) is 17.0 Å². The molecule has 2 unspecified atom stereocenters. The first kappa shape index (κ1) is 16.2. The molecule has 1 heterocycles. The van der Waals surface area contributed by atoms with Crippen LogP contribution in [-0.2, 0) is 0 Å². The third-order valence-corrected chi connectivity index (χ3v) is 4.51. The lowest BCUT2D eigenvalue weighted by Gasteiger charge is -2.33. The van der Waals surface area contributed by atoms with Crippen LogP contribution in [0.2, 0.25) is 0 Å². The minimum Gasteiger partial charge on any atom is -0.490 e. The summed E-state index contributed by atoms with van der Waals surface area (Å²) in [7, 11) is 0. The van der Waals surface area contributed by atoms with Crippen molar-refractivity contribution in [2.24, 2.45) is 5.92 Å². The summed E-state index contributed by atoms with van der Waals surface area (Å²) in [5.74, 6) is 1.16. The standard InChI is InChI=1S/C19H25NO3/c21-13-15-5-4-10-20(11-15)12-17(22)14-23-19-9-3-7-16-6-1-2-8-18(16)19/h1-3,6-9,15,17,21-22H,4-5,10-14H2. The van der Waals surface area contributed by atoms with E-state index in [1.54, 1.807) is 0 Å². The number of rotatable bonds is 6. The number of benzene rings is 2. The van der Waals surface area contributed by atoms with Crippen molar-refractivity contribution in [1.29, 1.82) is 0 Å². The molecule has 1 saturated heterocycles. The maximum Gasteiger partial charge on any atom is 0.127 e. The number of fused-ring (bicyclic) bond motifs is 1. The summed E-state index contributed by atoms with van der Waals surface area (Å²) in [4.78, 5) is 2.22. The third-order valence-electron chi connectivity index (χ3n) is 4.51. The molecular weight excluding hydrogens is 290 g/mol. The van der Waals surface area contributed by atoms with Gasteiger partial charge in [-0.15, -0.1) is 0 Å². The van der Waals surface area contributed by atoms with Crippen LogP contribution in [0.15, 0.2) is 42.5 Å². The number of hydrogen-bond donors (Lipinski definition) is 2. The van der Waals surface area contributed by atoms with Crippen molar-refractivity contribution in [1.82, 2.24) is 4.90 Å². The second-order valence-corrected chi connectivity index (χ2v) is 6.39. The number of aliphatic hydroxyl groups excluding tert-OH is 2. The van der Waals surface area contributed by atoms with Crippen molar-refractivity contribution in [3.63, 3.8) is 0 Å². The lowest BCUT2D eigenvalue weighted by Crippen LogP contribution is -2.42. The molecule has 0 aliphatic carbocycles. The second kappa shape index (κ2) is 7.77. The largest absolute Gasteiger partial charge is 0.490 e. The summed E-state index contributed by atoms with van der Waals surface area (Å²) >= 11 is 0. The van der Waals surface area contributed by atoms with Gasteiger partial charge in [0.1, 0.15) is 18.5 Å². The van der Waals surface area contributed by atoms with E-state index in [9.17, 15) is 10.2 Å². The van der Waals surface area contributed by atoms with E-state index in [1.807, 2.05) is 30.3 Å². The summed E-state index contributed by atoms with van der Waals surface area (Å²) in [5.41, 5.74) is 0. The first-order valence-corrected chi connectivity index (χ1v) is 8.38. The van der Waals surface area contributed by atoms with Crippen molar-refractivity contribution in [2.45, 2.75) is 18.9 Å². The molecule has 0 spiro atoms. The molecule has 2 aromatic rings. The fourth-order valence-corrected chi connectivity index (χ4v) is 3.32. The van der Waals surface area contributed by atoms with E-state index >= 15 is 0 Å². The number of piperidine rings is 1. The first-order chi connectivity index (χ1) is 11.3. The highest BCUT2D eigenvalue weighted by Crippen LogP contribution is 2.25. The van der Waals surface area contributed by atoms with Crippen molar-refractivity contribution in [2.75, 3.05) is 32.8 Å². The minimum absolute atomic E-state index is 0.235. The van der Waals surface area contributed by atoms with E-state index in [-0.39, 0.29) is 13.2 Å². The number of nitrogens with zero attached hydrogens (tertiary/aromatic N) is 1. The van der Waals surface area contributed by atoms with E-state index in [0.29, 0.717) is 12.5 Å². The van der Waals surface area contributed by atoms with Crippen LogP contribution >= 0.6 is 0 Å². The minimum atomic E-state index is -0.522. The van der Waals surface area contributed by atoms with Gasteiger partial charge in [0.15, 0.2) is 0 Å². The molecule has 0 amide bonds. The molecule has 4 nitrogen and oxygen atoms in total. The lowest BCUT2D eigenvalue weighted by atomic mass is 9.99. The van der Waals surface area contributed by atoms with Crippen LogP contribution in [-0.4, -0.2) is 54.1 Å². The monoisotopic (exact) mass is 315 g/mol. The van der Waals surface area contributed by atoms with Gasteiger partial charge in [0.2, 0.25) is 0 Å². The van der Waals surface area contributed by atoms with Gasteiger partial charge in [-0.25, -0.2) is 0 Å². The molecule has 3 rings (SSSR count). The topological polar surface area (TPSA) is 52.9 Å². The van der Waals surface area contributed by atoms with Crippen LogP contribution < -0.4 is 4.74 Å². The highest BCUT2D eigenvalue weighted by molar-refractivity contribution is 5.88. The molecule has 0 radical (unpaired) electrons. The van der Waals surface area contributed by atoms with Crippen LogP contribution in [0.4, 0.5) is 0 Å². The Morgan fingerprint density at radius 3 is 2.87 bits per heavy atom. The van der Waals surface area contributed by atoms with Gasteiger partial charge < -0.3 is 19.8 Å². The zero-order valence-corrected chi connectivity index (χ0v) is 13.4. The summed E-state index contributed by atoms with van der Waals surface area (Å²) < 4.78 is 5.85. The third kappa shape index (κ3) is 4.22. The second-order valence-electron chi connectivity index (χ2n) is 6.39. The predicted octanol–water partition coefficient (Wildman–Crippen LogP) is 2.28. The fraction of sp³-hybridized carbons (Fsp3) is 0.474. The lowest BCUT2D eigenvalue weighted by molar-refractivity contribution is 0.0435. The number of hydrogen-bond acceptors (Lipinski definition) is 4. The molecule has 0 aromatic heterocycles. The van der Waals surface area contributed by atoms with Crippen molar-refractivity contribution in [3.8, 4) is 5.75 Å². The molecule has 124 valence electrons. The molecule has 1 aliphatic heterocycles. The predicted molar refractivity (Wildman–Crippen MR) is 91.7 cm³/mol. The smallest absolute Gasteiger partial charge is 0.127 e. The van der Waals surface area contributed by atoms with E-state index in [1.165, 1.54) is 0 Å². The molecule has 0 bridgehead atoms.